The maximum Gasteiger partial charge on any atom is -0.0279 e. The SMILES string of the molecule is CCCCCc1ccccc1.c1ccccc1. The van der Waals surface area contributed by atoms with Gasteiger partial charge in [-0.25, -0.2) is 0 Å². The van der Waals surface area contributed by atoms with Crippen LogP contribution in [0.1, 0.15) is 31.7 Å². The number of unbranched alkanes of at least 4 members (excludes halogenated alkanes) is 2. The second-order valence-electron chi connectivity index (χ2n) is 4.10. The van der Waals surface area contributed by atoms with Crippen molar-refractivity contribution in [3.05, 3.63) is 72.3 Å². The van der Waals surface area contributed by atoms with Gasteiger partial charge in [-0.2, -0.15) is 0 Å². The van der Waals surface area contributed by atoms with E-state index in [-0.39, 0.29) is 0 Å². The molecule has 0 bridgehead atoms. The van der Waals surface area contributed by atoms with Gasteiger partial charge >= 0.3 is 0 Å². The van der Waals surface area contributed by atoms with Crippen LogP contribution in [-0.4, -0.2) is 0 Å². The van der Waals surface area contributed by atoms with E-state index in [1.807, 2.05) is 36.4 Å². The van der Waals surface area contributed by atoms with E-state index in [1.54, 1.807) is 0 Å². The Bertz CT molecular complexity index is 324. The molecule has 0 N–H and O–H groups in total. The van der Waals surface area contributed by atoms with Crippen LogP contribution in [-0.2, 0) is 6.42 Å². The van der Waals surface area contributed by atoms with E-state index < -0.39 is 0 Å². The zero-order valence-electron chi connectivity index (χ0n) is 10.7. The van der Waals surface area contributed by atoms with E-state index in [0.717, 1.165) is 0 Å². The van der Waals surface area contributed by atoms with E-state index in [2.05, 4.69) is 37.3 Å². The molecule has 90 valence electrons. The Morgan fingerprint density at radius 3 is 1.59 bits per heavy atom. The van der Waals surface area contributed by atoms with Crippen molar-refractivity contribution in [3.8, 4) is 0 Å². The predicted molar refractivity (Wildman–Crippen MR) is 76.1 cm³/mol. The van der Waals surface area contributed by atoms with Crippen molar-refractivity contribution in [2.45, 2.75) is 32.6 Å². The third kappa shape index (κ3) is 7.35. The molecule has 0 radical (unpaired) electrons. The summed E-state index contributed by atoms with van der Waals surface area (Å²) in [4.78, 5) is 0. The van der Waals surface area contributed by atoms with Crippen molar-refractivity contribution >= 4 is 0 Å². The molecule has 0 saturated carbocycles. The monoisotopic (exact) mass is 226 g/mol. The lowest BCUT2D eigenvalue weighted by atomic mass is 10.1. The van der Waals surface area contributed by atoms with Gasteiger partial charge in [-0.05, 0) is 18.4 Å². The molecular weight excluding hydrogens is 204 g/mol. The average molecular weight is 226 g/mol. The number of rotatable bonds is 4. The van der Waals surface area contributed by atoms with Crippen molar-refractivity contribution in [2.75, 3.05) is 0 Å². The molecule has 0 fully saturated rings. The minimum Gasteiger partial charge on any atom is -0.0654 e. The first-order valence-corrected chi connectivity index (χ1v) is 6.47. The Morgan fingerprint density at radius 2 is 1.12 bits per heavy atom. The Balaban J connectivity index is 0.000000202. The fourth-order valence-corrected chi connectivity index (χ4v) is 1.61. The molecule has 0 unspecified atom stereocenters. The summed E-state index contributed by atoms with van der Waals surface area (Å²) in [6.45, 7) is 2.24. The van der Waals surface area contributed by atoms with Crippen LogP contribution in [0.25, 0.3) is 0 Å². The third-order valence-corrected chi connectivity index (χ3v) is 2.58. The number of aryl methyl sites for hydroxylation is 1. The Kier molecular flexibility index (Phi) is 7.67. The second kappa shape index (κ2) is 9.65. The normalized spacial score (nSPS) is 9.24. The summed E-state index contributed by atoms with van der Waals surface area (Å²) in [6.07, 6.45) is 5.25. The van der Waals surface area contributed by atoms with Crippen LogP contribution in [0.3, 0.4) is 0 Å². The summed E-state index contributed by atoms with van der Waals surface area (Å²) in [5.41, 5.74) is 1.47. The molecule has 17 heavy (non-hydrogen) atoms. The van der Waals surface area contributed by atoms with E-state index in [9.17, 15) is 0 Å². The lowest BCUT2D eigenvalue weighted by Gasteiger charge is -1.98. The van der Waals surface area contributed by atoms with Gasteiger partial charge in [0.25, 0.3) is 0 Å². The van der Waals surface area contributed by atoms with E-state index in [1.165, 1.54) is 31.2 Å². The molecule has 2 rings (SSSR count). The minimum absolute atomic E-state index is 1.24. The quantitative estimate of drug-likeness (QED) is 0.636. The van der Waals surface area contributed by atoms with Crippen LogP contribution in [0, 0.1) is 0 Å². The lowest BCUT2D eigenvalue weighted by molar-refractivity contribution is 0.717. The molecule has 0 heteroatoms. The van der Waals surface area contributed by atoms with Gasteiger partial charge in [0.05, 0.1) is 0 Å². The topological polar surface area (TPSA) is 0 Å². The minimum atomic E-state index is 1.24. The first-order valence-electron chi connectivity index (χ1n) is 6.47. The smallest absolute Gasteiger partial charge is 0.0279 e. The molecule has 2 aromatic rings. The summed E-state index contributed by atoms with van der Waals surface area (Å²) in [7, 11) is 0. The molecule has 0 aliphatic carbocycles. The van der Waals surface area contributed by atoms with Gasteiger partial charge in [-0.15, -0.1) is 0 Å². The lowest BCUT2D eigenvalue weighted by Crippen LogP contribution is -1.83. The van der Waals surface area contributed by atoms with E-state index in [4.69, 9.17) is 0 Å². The third-order valence-electron chi connectivity index (χ3n) is 2.58. The van der Waals surface area contributed by atoms with Gasteiger partial charge in [0.2, 0.25) is 0 Å². The van der Waals surface area contributed by atoms with Crippen molar-refractivity contribution in [1.82, 2.24) is 0 Å². The summed E-state index contributed by atoms with van der Waals surface area (Å²) in [5.74, 6) is 0. The van der Waals surface area contributed by atoms with Gasteiger partial charge in [0.1, 0.15) is 0 Å². The van der Waals surface area contributed by atoms with Gasteiger partial charge in [0.15, 0.2) is 0 Å². The Labute approximate surface area is 105 Å². The van der Waals surface area contributed by atoms with E-state index >= 15 is 0 Å². The van der Waals surface area contributed by atoms with Gasteiger partial charge in [-0.1, -0.05) is 86.5 Å². The van der Waals surface area contributed by atoms with Crippen LogP contribution in [0.15, 0.2) is 66.7 Å². The van der Waals surface area contributed by atoms with Gasteiger partial charge in [0, 0.05) is 0 Å². The van der Waals surface area contributed by atoms with Crippen LogP contribution < -0.4 is 0 Å². The molecule has 0 nitrogen and oxygen atoms in total. The van der Waals surface area contributed by atoms with Crippen LogP contribution in [0.2, 0.25) is 0 Å². The van der Waals surface area contributed by atoms with E-state index in [0.29, 0.717) is 0 Å². The highest BCUT2D eigenvalue weighted by molar-refractivity contribution is 5.14. The molecule has 0 saturated heterocycles. The fourth-order valence-electron chi connectivity index (χ4n) is 1.61. The highest BCUT2D eigenvalue weighted by atomic mass is 13.9. The molecule has 0 amide bonds. The standard InChI is InChI=1S/C11H16.C6H6/c1-2-3-5-8-11-9-6-4-7-10-11;1-2-4-6-5-3-1/h4,6-7,9-10H,2-3,5,8H2,1H3;1-6H. The maximum absolute atomic E-state index is 2.24. The molecule has 0 atom stereocenters. The summed E-state index contributed by atoms with van der Waals surface area (Å²) < 4.78 is 0. The zero-order valence-corrected chi connectivity index (χ0v) is 10.7. The first kappa shape index (κ1) is 13.5. The first-order chi connectivity index (χ1) is 8.43. The van der Waals surface area contributed by atoms with Crippen molar-refractivity contribution in [2.24, 2.45) is 0 Å². The predicted octanol–water partition coefficient (Wildman–Crippen LogP) is 5.11. The van der Waals surface area contributed by atoms with Crippen molar-refractivity contribution in [1.29, 1.82) is 0 Å². The van der Waals surface area contributed by atoms with Gasteiger partial charge < -0.3 is 0 Å². The number of hydrogen-bond donors (Lipinski definition) is 0. The summed E-state index contributed by atoms with van der Waals surface area (Å²) >= 11 is 0. The highest BCUT2D eigenvalue weighted by Crippen LogP contribution is 2.05. The molecule has 0 aliphatic heterocycles. The molecule has 0 heterocycles. The molecular formula is C17H22. The number of hydrogen-bond acceptors (Lipinski definition) is 0. The Morgan fingerprint density at radius 1 is 0.647 bits per heavy atom. The summed E-state index contributed by atoms with van der Waals surface area (Å²) in [5, 5.41) is 0. The average Bonchev–Trinajstić information content (AvgIpc) is 2.43. The molecule has 0 aliphatic rings. The second-order valence-corrected chi connectivity index (χ2v) is 4.10. The number of benzene rings is 2. The highest BCUT2D eigenvalue weighted by Gasteiger charge is 1.89. The Hall–Kier alpha value is -1.56. The fraction of sp³-hybridized carbons (Fsp3) is 0.294. The van der Waals surface area contributed by atoms with Crippen molar-refractivity contribution in [3.63, 3.8) is 0 Å². The van der Waals surface area contributed by atoms with Crippen LogP contribution in [0.5, 0.6) is 0 Å². The molecule has 2 aromatic carbocycles. The molecule has 0 spiro atoms. The molecule has 0 aromatic heterocycles. The largest absolute Gasteiger partial charge is 0.0654 e. The van der Waals surface area contributed by atoms with Gasteiger partial charge in [-0.3, -0.25) is 0 Å². The maximum atomic E-state index is 2.24. The van der Waals surface area contributed by atoms with Crippen LogP contribution >= 0.6 is 0 Å². The van der Waals surface area contributed by atoms with Crippen LogP contribution in [0.4, 0.5) is 0 Å². The zero-order chi connectivity index (χ0) is 12.2. The van der Waals surface area contributed by atoms with Crippen molar-refractivity contribution < 1.29 is 0 Å². The summed E-state index contributed by atoms with van der Waals surface area (Å²) in [6, 6.07) is 22.7.